The van der Waals surface area contributed by atoms with Gasteiger partial charge in [0.1, 0.15) is 0 Å². The summed E-state index contributed by atoms with van der Waals surface area (Å²) in [4.78, 5) is 12.9. The lowest BCUT2D eigenvalue weighted by molar-refractivity contribution is -0.385. The highest BCUT2D eigenvalue weighted by atomic mass is 16.6. The molecule has 0 saturated carbocycles. The van der Waals surface area contributed by atoms with E-state index in [0.717, 1.165) is 43.6 Å². The second-order valence-electron chi connectivity index (χ2n) is 5.05. The number of nitrogens with zero attached hydrogens (tertiary/aromatic N) is 2. The molecule has 4 nitrogen and oxygen atoms in total. The molecule has 0 fully saturated rings. The van der Waals surface area contributed by atoms with E-state index in [-0.39, 0.29) is 10.6 Å². The van der Waals surface area contributed by atoms with E-state index in [9.17, 15) is 10.1 Å². The number of rotatable bonds is 4. The van der Waals surface area contributed by atoms with Crippen molar-refractivity contribution in [2.24, 2.45) is 0 Å². The molecule has 1 heterocycles. The van der Waals surface area contributed by atoms with Gasteiger partial charge in [-0.2, -0.15) is 0 Å². The van der Waals surface area contributed by atoms with Crippen LogP contribution in [0.3, 0.4) is 0 Å². The predicted molar refractivity (Wildman–Crippen MR) is 77.2 cm³/mol. The third kappa shape index (κ3) is 3.20. The van der Waals surface area contributed by atoms with E-state index in [1.54, 1.807) is 13.0 Å². The first kappa shape index (κ1) is 13.7. The van der Waals surface area contributed by atoms with Gasteiger partial charge >= 0.3 is 0 Å². The number of nitro benzene ring substituents is 1. The van der Waals surface area contributed by atoms with Gasteiger partial charge in [-0.15, -0.1) is 0 Å². The quantitative estimate of drug-likeness (QED) is 0.615. The third-order valence-electron chi connectivity index (χ3n) is 3.53. The Balaban J connectivity index is 2.20. The zero-order chi connectivity index (χ0) is 13.8. The van der Waals surface area contributed by atoms with Gasteiger partial charge in [0.25, 0.3) is 5.69 Å². The molecule has 0 aromatic heterocycles. The summed E-state index contributed by atoms with van der Waals surface area (Å²) in [5.41, 5.74) is 3.34. The lowest BCUT2D eigenvalue weighted by Crippen LogP contribution is -2.30. The maximum absolute atomic E-state index is 10.8. The van der Waals surface area contributed by atoms with Gasteiger partial charge in [0, 0.05) is 24.7 Å². The zero-order valence-electron chi connectivity index (χ0n) is 11.6. The predicted octanol–water partition coefficient (Wildman–Crippen LogP) is 3.40. The van der Waals surface area contributed by atoms with Crippen molar-refractivity contribution in [1.29, 1.82) is 0 Å². The molecule has 0 amide bonds. The summed E-state index contributed by atoms with van der Waals surface area (Å²) in [6.45, 7) is 7.17. The Kier molecular flexibility index (Phi) is 4.32. The van der Waals surface area contributed by atoms with Gasteiger partial charge in [0.15, 0.2) is 0 Å². The number of hydrogen-bond donors (Lipinski definition) is 0. The fourth-order valence-corrected chi connectivity index (χ4v) is 2.58. The molecule has 0 unspecified atom stereocenters. The number of benzene rings is 1. The van der Waals surface area contributed by atoms with E-state index in [4.69, 9.17) is 0 Å². The van der Waals surface area contributed by atoms with Crippen LogP contribution in [0.15, 0.2) is 24.3 Å². The minimum absolute atomic E-state index is 0.200. The fraction of sp³-hybridized carbons (Fsp3) is 0.467. The highest BCUT2D eigenvalue weighted by Gasteiger charge is 2.16. The Morgan fingerprint density at radius 3 is 2.84 bits per heavy atom. The average Bonchev–Trinajstić information content (AvgIpc) is 2.39. The van der Waals surface area contributed by atoms with Crippen molar-refractivity contribution in [3.8, 4) is 0 Å². The summed E-state index contributed by atoms with van der Waals surface area (Å²) in [5, 5.41) is 10.8. The van der Waals surface area contributed by atoms with E-state index >= 15 is 0 Å². The molecule has 0 spiro atoms. The maximum Gasteiger partial charge on any atom is 0.272 e. The van der Waals surface area contributed by atoms with Gasteiger partial charge in [0.05, 0.1) is 4.92 Å². The van der Waals surface area contributed by atoms with Gasteiger partial charge in [-0.1, -0.05) is 13.0 Å². The van der Waals surface area contributed by atoms with Crippen LogP contribution in [0.5, 0.6) is 0 Å². The van der Waals surface area contributed by atoms with Crippen LogP contribution in [0.4, 0.5) is 5.69 Å². The molecule has 0 bridgehead atoms. The molecule has 0 saturated heterocycles. The molecule has 4 heteroatoms. The fourth-order valence-electron chi connectivity index (χ4n) is 2.58. The van der Waals surface area contributed by atoms with Crippen LogP contribution in [-0.2, 0) is 0 Å². The SMILES string of the molecule is CCCN1CCC=C(c2ccc([N+](=O)[O-])c(C)c2)C1. The molecule has 1 aliphatic rings. The molecular weight excluding hydrogens is 240 g/mol. The number of aryl methyl sites for hydroxylation is 1. The second-order valence-corrected chi connectivity index (χ2v) is 5.05. The molecule has 0 aliphatic carbocycles. The molecule has 0 radical (unpaired) electrons. The zero-order valence-corrected chi connectivity index (χ0v) is 11.6. The first-order valence-corrected chi connectivity index (χ1v) is 6.78. The third-order valence-corrected chi connectivity index (χ3v) is 3.53. The Hall–Kier alpha value is -1.68. The Labute approximate surface area is 113 Å². The Bertz CT molecular complexity index is 509. The number of nitro groups is 1. The van der Waals surface area contributed by atoms with Gasteiger partial charge in [-0.25, -0.2) is 0 Å². The molecule has 19 heavy (non-hydrogen) atoms. The van der Waals surface area contributed by atoms with E-state index in [1.807, 2.05) is 12.1 Å². The van der Waals surface area contributed by atoms with E-state index in [0.29, 0.717) is 0 Å². The van der Waals surface area contributed by atoms with Crippen molar-refractivity contribution in [3.05, 3.63) is 45.5 Å². The van der Waals surface area contributed by atoms with Crippen LogP contribution < -0.4 is 0 Å². The van der Waals surface area contributed by atoms with Crippen LogP contribution in [0, 0.1) is 17.0 Å². The highest BCUT2D eigenvalue weighted by molar-refractivity contribution is 5.69. The maximum atomic E-state index is 10.8. The van der Waals surface area contributed by atoms with Crippen LogP contribution in [0.25, 0.3) is 5.57 Å². The highest BCUT2D eigenvalue weighted by Crippen LogP contribution is 2.26. The topological polar surface area (TPSA) is 46.4 Å². The van der Waals surface area contributed by atoms with Crippen LogP contribution >= 0.6 is 0 Å². The second kappa shape index (κ2) is 5.97. The first-order valence-electron chi connectivity index (χ1n) is 6.78. The van der Waals surface area contributed by atoms with Gasteiger partial charge in [0.2, 0.25) is 0 Å². The van der Waals surface area contributed by atoms with Crippen molar-refractivity contribution >= 4 is 11.3 Å². The minimum atomic E-state index is -0.322. The van der Waals surface area contributed by atoms with Crippen molar-refractivity contribution in [2.75, 3.05) is 19.6 Å². The summed E-state index contributed by atoms with van der Waals surface area (Å²) in [6, 6.07) is 5.41. The van der Waals surface area contributed by atoms with Crippen LogP contribution in [0.1, 0.15) is 30.9 Å². The largest absolute Gasteiger partial charge is 0.299 e. The summed E-state index contributed by atoms with van der Waals surface area (Å²) in [6.07, 6.45) is 4.48. The monoisotopic (exact) mass is 260 g/mol. The molecule has 102 valence electrons. The van der Waals surface area contributed by atoms with Gasteiger partial charge in [-0.05, 0) is 49.6 Å². The Morgan fingerprint density at radius 2 is 2.21 bits per heavy atom. The van der Waals surface area contributed by atoms with Crippen LogP contribution in [-0.4, -0.2) is 29.5 Å². The molecule has 1 aromatic rings. The van der Waals surface area contributed by atoms with E-state index in [1.165, 1.54) is 5.57 Å². The van der Waals surface area contributed by atoms with E-state index in [2.05, 4.69) is 17.9 Å². The Morgan fingerprint density at radius 1 is 1.42 bits per heavy atom. The minimum Gasteiger partial charge on any atom is -0.299 e. The van der Waals surface area contributed by atoms with Crippen LogP contribution in [0.2, 0.25) is 0 Å². The standard InChI is InChI=1S/C15H20N2O2/c1-3-8-16-9-4-5-14(11-16)13-6-7-15(17(18)19)12(2)10-13/h5-7,10H,3-4,8-9,11H2,1-2H3. The van der Waals surface area contributed by atoms with Crippen molar-refractivity contribution in [2.45, 2.75) is 26.7 Å². The van der Waals surface area contributed by atoms with Gasteiger partial charge in [-0.3, -0.25) is 15.0 Å². The van der Waals surface area contributed by atoms with E-state index < -0.39 is 0 Å². The summed E-state index contributed by atoms with van der Waals surface area (Å²) >= 11 is 0. The van der Waals surface area contributed by atoms with Gasteiger partial charge < -0.3 is 0 Å². The molecule has 0 atom stereocenters. The summed E-state index contributed by atoms with van der Waals surface area (Å²) in [7, 11) is 0. The van der Waals surface area contributed by atoms with Crippen molar-refractivity contribution in [1.82, 2.24) is 4.90 Å². The molecule has 1 aliphatic heterocycles. The van der Waals surface area contributed by atoms with Crippen molar-refractivity contribution < 1.29 is 4.92 Å². The summed E-state index contributed by atoms with van der Waals surface area (Å²) < 4.78 is 0. The number of hydrogen-bond acceptors (Lipinski definition) is 3. The lowest BCUT2D eigenvalue weighted by Gasteiger charge is -2.27. The van der Waals surface area contributed by atoms with Crippen molar-refractivity contribution in [3.63, 3.8) is 0 Å². The normalized spacial score (nSPS) is 16.2. The molecule has 1 aromatic carbocycles. The molecule has 0 N–H and O–H groups in total. The summed E-state index contributed by atoms with van der Waals surface area (Å²) in [5.74, 6) is 0. The smallest absolute Gasteiger partial charge is 0.272 e. The molecule has 2 rings (SSSR count). The lowest BCUT2D eigenvalue weighted by atomic mass is 9.98. The first-order chi connectivity index (χ1) is 9.11. The molecular formula is C15H20N2O2. The average molecular weight is 260 g/mol.